The van der Waals surface area contributed by atoms with Gasteiger partial charge in [-0.05, 0) is 11.6 Å². The number of alkyl halides is 3. The maximum absolute atomic E-state index is 12.9. The topological polar surface area (TPSA) is 30.0 Å². The molecule has 104 valence electrons. The first-order chi connectivity index (χ1) is 9.41. The molecule has 1 aromatic heterocycles. The molecule has 0 bridgehead atoms. The second kappa shape index (κ2) is 5.45. The minimum Gasteiger partial charge on any atom is -0.293 e. The Morgan fingerprint density at radius 2 is 1.80 bits per heavy atom. The number of benzene rings is 1. The number of pyridine rings is 1. The van der Waals surface area contributed by atoms with Gasteiger partial charge in [-0.3, -0.25) is 9.78 Å². The van der Waals surface area contributed by atoms with Gasteiger partial charge in [-0.2, -0.15) is 13.2 Å². The standard InChI is InChI=1S/C15H12F3NO/c1-10(11-5-3-2-4-6-11)14(20)12-9-19-8-7-13(12)15(16,17)18/h2-10H,1H3. The third-order valence-corrected chi connectivity index (χ3v) is 3.08. The first kappa shape index (κ1) is 14.2. The second-order valence-electron chi connectivity index (χ2n) is 4.42. The molecule has 20 heavy (non-hydrogen) atoms. The highest BCUT2D eigenvalue weighted by molar-refractivity contribution is 6.01. The molecule has 0 saturated carbocycles. The highest BCUT2D eigenvalue weighted by atomic mass is 19.4. The van der Waals surface area contributed by atoms with Crippen LogP contribution < -0.4 is 0 Å². The predicted molar refractivity (Wildman–Crippen MR) is 68.4 cm³/mol. The SMILES string of the molecule is CC(C(=O)c1cnccc1C(F)(F)F)c1ccccc1. The number of hydrogen-bond acceptors (Lipinski definition) is 2. The van der Waals surface area contributed by atoms with E-state index in [1.807, 2.05) is 0 Å². The molecule has 0 saturated heterocycles. The maximum atomic E-state index is 12.9. The molecule has 5 heteroatoms. The van der Waals surface area contributed by atoms with Gasteiger partial charge in [0, 0.05) is 23.9 Å². The van der Waals surface area contributed by atoms with E-state index in [1.54, 1.807) is 37.3 Å². The fourth-order valence-electron chi connectivity index (χ4n) is 1.96. The van der Waals surface area contributed by atoms with Crippen molar-refractivity contribution >= 4 is 5.78 Å². The van der Waals surface area contributed by atoms with Crippen molar-refractivity contribution in [2.75, 3.05) is 0 Å². The van der Waals surface area contributed by atoms with E-state index in [9.17, 15) is 18.0 Å². The van der Waals surface area contributed by atoms with Crippen LogP contribution in [0.15, 0.2) is 48.8 Å². The number of rotatable bonds is 3. The normalized spacial score (nSPS) is 13.0. The van der Waals surface area contributed by atoms with Crippen molar-refractivity contribution in [2.24, 2.45) is 0 Å². The summed E-state index contributed by atoms with van der Waals surface area (Å²) in [7, 11) is 0. The lowest BCUT2D eigenvalue weighted by Crippen LogP contribution is -2.17. The fraction of sp³-hybridized carbons (Fsp3) is 0.200. The largest absolute Gasteiger partial charge is 0.417 e. The summed E-state index contributed by atoms with van der Waals surface area (Å²) in [5, 5.41) is 0. The summed E-state index contributed by atoms with van der Waals surface area (Å²) in [6.07, 6.45) is -2.55. The van der Waals surface area contributed by atoms with Gasteiger partial charge in [-0.15, -0.1) is 0 Å². The van der Waals surface area contributed by atoms with Gasteiger partial charge in [0.2, 0.25) is 0 Å². The molecular weight excluding hydrogens is 267 g/mol. The van der Waals surface area contributed by atoms with Gasteiger partial charge in [-0.25, -0.2) is 0 Å². The minimum atomic E-state index is -4.57. The van der Waals surface area contributed by atoms with E-state index in [-0.39, 0.29) is 0 Å². The van der Waals surface area contributed by atoms with Crippen molar-refractivity contribution in [3.63, 3.8) is 0 Å². The third-order valence-electron chi connectivity index (χ3n) is 3.08. The van der Waals surface area contributed by atoms with Crippen LogP contribution in [0.4, 0.5) is 13.2 Å². The fourth-order valence-corrected chi connectivity index (χ4v) is 1.96. The zero-order chi connectivity index (χ0) is 14.8. The summed E-state index contributed by atoms with van der Waals surface area (Å²) < 4.78 is 38.7. The van der Waals surface area contributed by atoms with Gasteiger partial charge in [0.15, 0.2) is 5.78 Å². The van der Waals surface area contributed by atoms with Gasteiger partial charge in [-0.1, -0.05) is 37.3 Å². The van der Waals surface area contributed by atoms with Crippen LogP contribution in [-0.4, -0.2) is 10.8 Å². The Morgan fingerprint density at radius 3 is 2.40 bits per heavy atom. The molecule has 0 aliphatic carbocycles. The molecule has 0 spiro atoms. The number of carbonyl (C=O) groups is 1. The number of nitrogens with zero attached hydrogens (tertiary/aromatic N) is 1. The highest BCUT2D eigenvalue weighted by Gasteiger charge is 2.36. The van der Waals surface area contributed by atoms with Crippen LogP contribution in [0.2, 0.25) is 0 Å². The van der Waals surface area contributed by atoms with Crippen LogP contribution in [0.3, 0.4) is 0 Å². The van der Waals surface area contributed by atoms with E-state index in [0.29, 0.717) is 5.56 Å². The molecule has 0 aliphatic heterocycles. The van der Waals surface area contributed by atoms with E-state index >= 15 is 0 Å². The van der Waals surface area contributed by atoms with Crippen LogP contribution in [0.5, 0.6) is 0 Å². The van der Waals surface area contributed by atoms with Crippen LogP contribution in [-0.2, 0) is 6.18 Å². The van der Waals surface area contributed by atoms with Gasteiger partial charge >= 0.3 is 6.18 Å². The first-order valence-corrected chi connectivity index (χ1v) is 6.01. The average molecular weight is 279 g/mol. The van der Waals surface area contributed by atoms with Gasteiger partial charge in [0.25, 0.3) is 0 Å². The quantitative estimate of drug-likeness (QED) is 0.792. The Morgan fingerprint density at radius 1 is 1.15 bits per heavy atom. The van der Waals surface area contributed by atoms with Crippen LogP contribution >= 0.6 is 0 Å². The van der Waals surface area contributed by atoms with Crippen LogP contribution in [0.25, 0.3) is 0 Å². The number of Topliss-reactive ketones (excluding diaryl/α,β-unsaturated/α-hetero) is 1. The summed E-state index contributed by atoms with van der Waals surface area (Å²) in [4.78, 5) is 15.9. The Balaban J connectivity index is 2.40. The molecule has 1 atom stereocenters. The lowest BCUT2D eigenvalue weighted by molar-refractivity contribution is -0.138. The van der Waals surface area contributed by atoms with Crippen molar-refractivity contribution in [2.45, 2.75) is 19.0 Å². The van der Waals surface area contributed by atoms with E-state index in [1.165, 1.54) is 0 Å². The number of ketones is 1. The van der Waals surface area contributed by atoms with Crippen molar-refractivity contribution in [1.82, 2.24) is 4.98 Å². The Labute approximate surface area is 114 Å². The van der Waals surface area contributed by atoms with E-state index in [4.69, 9.17) is 0 Å². The van der Waals surface area contributed by atoms with Crippen molar-refractivity contribution in [3.8, 4) is 0 Å². The van der Waals surface area contributed by atoms with E-state index in [2.05, 4.69) is 4.98 Å². The predicted octanol–water partition coefficient (Wildman–Crippen LogP) is 4.09. The molecule has 2 rings (SSSR count). The van der Waals surface area contributed by atoms with Crippen molar-refractivity contribution in [3.05, 3.63) is 65.5 Å². The molecule has 0 amide bonds. The van der Waals surface area contributed by atoms with Crippen LogP contribution in [0.1, 0.15) is 34.3 Å². The zero-order valence-corrected chi connectivity index (χ0v) is 10.7. The molecule has 0 aliphatic rings. The Kier molecular flexibility index (Phi) is 3.88. The minimum absolute atomic E-state index is 0.392. The average Bonchev–Trinajstić information content (AvgIpc) is 2.46. The summed E-state index contributed by atoms with van der Waals surface area (Å²) in [6, 6.07) is 9.52. The van der Waals surface area contributed by atoms with E-state index < -0.39 is 29.0 Å². The van der Waals surface area contributed by atoms with Crippen LogP contribution in [0, 0.1) is 0 Å². The molecule has 0 fully saturated rings. The summed E-state index contributed by atoms with van der Waals surface area (Å²) >= 11 is 0. The maximum Gasteiger partial charge on any atom is 0.417 e. The number of hydrogen-bond donors (Lipinski definition) is 0. The molecule has 2 aromatic rings. The van der Waals surface area contributed by atoms with Gasteiger partial charge in [0.1, 0.15) is 0 Å². The molecule has 1 aromatic carbocycles. The monoisotopic (exact) mass is 279 g/mol. The second-order valence-corrected chi connectivity index (χ2v) is 4.42. The van der Waals surface area contributed by atoms with Gasteiger partial charge < -0.3 is 0 Å². The Hall–Kier alpha value is -2.17. The first-order valence-electron chi connectivity index (χ1n) is 6.01. The molecular formula is C15H12F3NO. The smallest absolute Gasteiger partial charge is 0.293 e. The molecule has 1 unspecified atom stereocenters. The van der Waals surface area contributed by atoms with Crippen molar-refractivity contribution < 1.29 is 18.0 Å². The third kappa shape index (κ3) is 2.87. The summed E-state index contributed by atoms with van der Waals surface area (Å²) in [5.74, 6) is -1.24. The number of aromatic nitrogens is 1. The zero-order valence-electron chi connectivity index (χ0n) is 10.7. The summed E-state index contributed by atoms with van der Waals surface area (Å²) in [5.41, 5.74) is -0.661. The molecule has 1 heterocycles. The van der Waals surface area contributed by atoms with E-state index in [0.717, 1.165) is 18.5 Å². The molecule has 0 radical (unpaired) electrons. The lowest BCUT2D eigenvalue weighted by atomic mass is 9.91. The molecule has 0 N–H and O–H groups in total. The number of carbonyl (C=O) groups excluding carboxylic acids is 1. The Bertz CT molecular complexity index is 608. The van der Waals surface area contributed by atoms with Crippen molar-refractivity contribution in [1.29, 1.82) is 0 Å². The summed E-state index contributed by atoms with van der Waals surface area (Å²) in [6.45, 7) is 1.59. The highest BCUT2D eigenvalue weighted by Crippen LogP contribution is 2.33. The van der Waals surface area contributed by atoms with Gasteiger partial charge in [0.05, 0.1) is 5.56 Å². The lowest BCUT2D eigenvalue weighted by Gasteiger charge is -2.15. The number of halogens is 3. The molecule has 2 nitrogen and oxygen atoms in total.